The summed E-state index contributed by atoms with van der Waals surface area (Å²) in [6.07, 6.45) is 2.69. The van der Waals surface area contributed by atoms with E-state index in [2.05, 4.69) is 9.80 Å². The summed E-state index contributed by atoms with van der Waals surface area (Å²) in [6.45, 7) is 8.33. The summed E-state index contributed by atoms with van der Waals surface area (Å²) in [4.78, 5) is 5.08. The monoisotopic (exact) mass is 213 g/mol. The van der Waals surface area contributed by atoms with Gasteiger partial charge in [-0.2, -0.15) is 0 Å². The Hall–Kier alpha value is -0.160. The minimum atomic E-state index is 0.742. The van der Waals surface area contributed by atoms with Gasteiger partial charge in [-0.15, -0.1) is 0 Å². The third-order valence-corrected chi connectivity index (χ3v) is 3.49. The first-order chi connectivity index (χ1) is 7.40. The van der Waals surface area contributed by atoms with Gasteiger partial charge in [-0.3, -0.25) is 9.80 Å². The SMILES string of the molecule is NCCN1CCC[C@H]1CN1CCOCC1. The molecule has 2 N–H and O–H groups in total. The van der Waals surface area contributed by atoms with Crippen molar-refractivity contribution < 1.29 is 4.74 Å². The lowest BCUT2D eigenvalue weighted by Crippen LogP contribution is -2.46. The summed E-state index contributed by atoms with van der Waals surface area (Å²) in [6, 6.07) is 0.742. The molecule has 0 bridgehead atoms. The zero-order valence-corrected chi connectivity index (χ0v) is 9.53. The lowest BCUT2D eigenvalue weighted by Gasteiger charge is -2.32. The summed E-state index contributed by atoms with van der Waals surface area (Å²) >= 11 is 0. The molecule has 0 aliphatic carbocycles. The highest BCUT2D eigenvalue weighted by Crippen LogP contribution is 2.17. The fraction of sp³-hybridized carbons (Fsp3) is 1.00. The molecule has 4 nitrogen and oxygen atoms in total. The molecule has 0 amide bonds. The van der Waals surface area contributed by atoms with E-state index in [1.54, 1.807) is 0 Å². The van der Waals surface area contributed by atoms with Crippen LogP contribution in [0.15, 0.2) is 0 Å². The molecule has 2 aliphatic heterocycles. The number of nitrogens with zero attached hydrogens (tertiary/aromatic N) is 2. The number of ether oxygens (including phenoxy) is 1. The minimum absolute atomic E-state index is 0.742. The van der Waals surface area contributed by atoms with E-state index in [0.717, 1.165) is 45.4 Å². The van der Waals surface area contributed by atoms with Crippen LogP contribution in [0.2, 0.25) is 0 Å². The van der Waals surface area contributed by atoms with Crippen molar-refractivity contribution in [3.05, 3.63) is 0 Å². The molecule has 0 radical (unpaired) electrons. The van der Waals surface area contributed by atoms with Crippen LogP contribution in [0.5, 0.6) is 0 Å². The van der Waals surface area contributed by atoms with Crippen molar-refractivity contribution in [3.63, 3.8) is 0 Å². The molecular weight excluding hydrogens is 190 g/mol. The molecule has 4 heteroatoms. The Morgan fingerprint density at radius 1 is 1.20 bits per heavy atom. The number of hydrogen-bond donors (Lipinski definition) is 1. The van der Waals surface area contributed by atoms with E-state index in [9.17, 15) is 0 Å². The highest BCUT2D eigenvalue weighted by atomic mass is 16.5. The Labute approximate surface area is 92.4 Å². The van der Waals surface area contributed by atoms with Gasteiger partial charge in [0.05, 0.1) is 13.2 Å². The first-order valence-corrected chi connectivity index (χ1v) is 6.14. The van der Waals surface area contributed by atoms with E-state index in [1.165, 1.54) is 25.9 Å². The fourth-order valence-electron chi connectivity index (χ4n) is 2.64. The molecule has 88 valence electrons. The average Bonchev–Trinajstić information content (AvgIpc) is 2.68. The molecule has 15 heavy (non-hydrogen) atoms. The standard InChI is InChI=1S/C11H23N3O/c12-3-5-14-4-1-2-11(14)10-13-6-8-15-9-7-13/h11H,1-10,12H2/t11-/m0/s1. The molecule has 2 heterocycles. The van der Waals surface area contributed by atoms with Gasteiger partial charge in [-0.25, -0.2) is 0 Å². The van der Waals surface area contributed by atoms with Gasteiger partial charge in [-0.05, 0) is 19.4 Å². The Morgan fingerprint density at radius 3 is 2.73 bits per heavy atom. The minimum Gasteiger partial charge on any atom is -0.379 e. The van der Waals surface area contributed by atoms with Crippen LogP contribution in [-0.4, -0.2) is 68.3 Å². The van der Waals surface area contributed by atoms with Crippen molar-refractivity contribution in [3.8, 4) is 0 Å². The molecule has 2 rings (SSSR count). The van der Waals surface area contributed by atoms with Gasteiger partial charge in [-0.1, -0.05) is 0 Å². The van der Waals surface area contributed by atoms with Crippen LogP contribution >= 0.6 is 0 Å². The van der Waals surface area contributed by atoms with E-state index in [4.69, 9.17) is 10.5 Å². The summed E-state index contributed by atoms with van der Waals surface area (Å²) in [5.74, 6) is 0. The van der Waals surface area contributed by atoms with Crippen LogP contribution in [0.25, 0.3) is 0 Å². The zero-order chi connectivity index (χ0) is 10.5. The Balaban J connectivity index is 1.76. The zero-order valence-electron chi connectivity index (χ0n) is 9.53. The van der Waals surface area contributed by atoms with Gasteiger partial charge in [0, 0.05) is 38.8 Å². The van der Waals surface area contributed by atoms with Gasteiger partial charge >= 0.3 is 0 Å². The molecule has 2 saturated heterocycles. The summed E-state index contributed by atoms with van der Waals surface area (Å²) in [7, 11) is 0. The molecule has 0 aromatic carbocycles. The molecule has 0 spiro atoms. The van der Waals surface area contributed by atoms with Crippen molar-refractivity contribution in [2.45, 2.75) is 18.9 Å². The number of morpholine rings is 1. The highest BCUT2D eigenvalue weighted by molar-refractivity contribution is 4.82. The van der Waals surface area contributed by atoms with Crippen molar-refractivity contribution in [1.82, 2.24) is 9.80 Å². The van der Waals surface area contributed by atoms with E-state index >= 15 is 0 Å². The van der Waals surface area contributed by atoms with E-state index in [1.807, 2.05) is 0 Å². The molecule has 2 aliphatic rings. The largest absolute Gasteiger partial charge is 0.379 e. The van der Waals surface area contributed by atoms with Gasteiger partial charge in [0.25, 0.3) is 0 Å². The predicted molar refractivity (Wildman–Crippen MR) is 60.9 cm³/mol. The first-order valence-electron chi connectivity index (χ1n) is 6.14. The Bertz CT molecular complexity index is 183. The predicted octanol–water partition coefficient (Wildman–Crippen LogP) is -0.258. The third-order valence-electron chi connectivity index (χ3n) is 3.49. The molecule has 0 aromatic heterocycles. The summed E-state index contributed by atoms with van der Waals surface area (Å²) < 4.78 is 5.36. The van der Waals surface area contributed by atoms with Crippen molar-refractivity contribution in [2.75, 3.05) is 52.5 Å². The Morgan fingerprint density at radius 2 is 2.00 bits per heavy atom. The Kier molecular flexibility index (Phi) is 4.38. The molecular formula is C11H23N3O. The molecule has 0 aromatic rings. The molecule has 1 atom stereocenters. The number of nitrogens with two attached hydrogens (primary N) is 1. The normalized spacial score (nSPS) is 29.8. The highest BCUT2D eigenvalue weighted by Gasteiger charge is 2.26. The van der Waals surface area contributed by atoms with Crippen LogP contribution in [0, 0.1) is 0 Å². The van der Waals surface area contributed by atoms with Gasteiger partial charge in [0.2, 0.25) is 0 Å². The maximum absolute atomic E-state index is 5.63. The average molecular weight is 213 g/mol. The number of rotatable bonds is 4. The fourth-order valence-corrected chi connectivity index (χ4v) is 2.64. The van der Waals surface area contributed by atoms with Crippen molar-refractivity contribution in [2.24, 2.45) is 5.73 Å². The van der Waals surface area contributed by atoms with Crippen LogP contribution < -0.4 is 5.73 Å². The summed E-state index contributed by atoms with van der Waals surface area (Å²) in [5, 5.41) is 0. The topological polar surface area (TPSA) is 41.7 Å². The number of likely N-dealkylation sites (tertiary alicyclic amines) is 1. The van der Waals surface area contributed by atoms with E-state index in [0.29, 0.717) is 0 Å². The van der Waals surface area contributed by atoms with Gasteiger partial charge in [0.1, 0.15) is 0 Å². The van der Waals surface area contributed by atoms with Crippen LogP contribution in [0.4, 0.5) is 0 Å². The van der Waals surface area contributed by atoms with Crippen LogP contribution in [0.3, 0.4) is 0 Å². The second-order valence-electron chi connectivity index (χ2n) is 4.53. The molecule has 0 saturated carbocycles. The third kappa shape index (κ3) is 3.14. The lowest BCUT2D eigenvalue weighted by atomic mass is 10.2. The quantitative estimate of drug-likeness (QED) is 0.699. The summed E-state index contributed by atoms with van der Waals surface area (Å²) in [5.41, 5.74) is 5.63. The maximum Gasteiger partial charge on any atom is 0.0594 e. The second-order valence-corrected chi connectivity index (χ2v) is 4.53. The van der Waals surface area contributed by atoms with Crippen LogP contribution in [-0.2, 0) is 4.74 Å². The van der Waals surface area contributed by atoms with Crippen molar-refractivity contribution in [1.29, 1.82) is 0 Å². The van der Waals surface area contributed by atoms with Crippen LogP contribution in [0.1, 0.15) is 12.8 Å². The second kappa shape index (κ2) is 5.80. The van der Waals surface area contributed by atoms with E-state index in [-0.39, 0.29) is 0 Å². The maximum atomic E-state index is 5.63. The van der Waals surface area contributed by atoms with Gasteiger partial charge < -0.3 is 10.5 Å². The number of hydrogen-bond acceptors (Lipinski definition) is 4. The molecule has 0 unspecified atom stereocenters. The van der Waals surface area contributed by atoms with Gasteiger partial charge in [0.15, 0.2) is 0 Å². The molecule has 2 fully saturated rings. The van der Waals surface area contributed by atoms with Crippen molar-refractivity contribution >= 4 is 0 Å². The van der Waals surface area contributed by atoms with E-state index < -0.39 is 0 Å². The smallest absolute Gasteiger partial charge is 0.0594 e. The lowest BCUT2D eigenvalue weighted by molar-refractivity contribution is 0.0270. The first kappa shape index (κ1) is 11.3.